The number of nitro benzene ring substituents is 1. The minimum absolute atomic E-state index is 0.0432. The van der Waals surface area contributed by atoms with Crippen molar-refractivity contribution < 1.29 is 14.4 Å². The highest BCUT2D eigenvalue weighted by atomic mass is 16.6. The molecule has 7 nitrogen and oxygen atoms in total. The molecule has 0 unspecified atom stereocenters. The molecule has 28 heavy (non-hydrogen) atoms. The van der Waals surface area contributed by atoms with Crippen molar-refractivity contribution in [1.82, 2.24) is 9.78 Å². The topological polar surface area (TPSA) is 79.4 Å². The molecule has 3 aromatic rings. The van der Waals surface area contributed by atoms with Gasteiger partial charge in [-0.15, -0.1) is 0 Å². The highest BCUT2D eigenvalue weighted by molar-refractivity contribution is 5.58. The van der Waals surface area contributed by atoms with Crippen LogP contribution < -0.4 is 9.47 Å². The van der Waals surface area contributed by atoms with Gasteiger partial charge in [0.2, 0.25) is 5.88 Å². The van der Waals surface area contributed by atoms with Crippen LogP contribution in [0.1, 0.15) is 23.7 Å². The van der Waals surface area contributed by atoms with Gasteiger partial charge in [0.1, 0.15) is 5.75 Å². The molecule has 0 fully saturated rings. The lowest BCUT2D eigenvalue weighted by atomic mass is 9.65. The van der Waals surface area contributed by atoms with Gasteiger partial charge in [0.05, 0.1) is 29.5 Å². The van der Waals surface area contributed by atoms with Gasteiger partial charge in [0.15, 0.2) is 0 Å². The van der Waals surface area contributed by atoms with Gasteiger partial charge < -0.3 is 9.47 Å². The van der Waals surface area contributed by atoms with E-state index in [1.165, 1.54) is 6.07 Å². The van der Waals surface area contributed by atoms with Crippen LogP contribution in [-0.2, 0) is 5.41 Å². The van der Waals surface area contributed by atoms with E-state index < -0.39 is 5.41 Å². The number of aromatic nitrogens is 2. The van der Waals surface area contributed by atoms with Crippen molar-refractivity contribution in [3.63, 3.8) is 0 Å². The molecule has 1 aromatic heterocycles. The molecular formula is C21H19N3O4. The first-order valence-electron chi connectivity index (χ1n) is 9.20. The van der Waals surface area contributed by atoms with E-state index in [-0.39, 0.29) is 16.5 Å². The average molecular weight is 377 g/mol. The molecule has 0 radical (unpaired) electrons. The summed E-state index contributed by atoms with van der Waals surface area (Å²) in [5, 5.41) is 16.1. The van der Waals surface area contributed by atoms with Crippen LogP contribution in [0.5, 0.6) is 11.6 Å². The van der Waals surface area contributed by atoms with Gasteiger partial charge in [-0.3, -0.25) is 10.1 Å². The largest absolute Gasteiger partial charge is 0.493 e. The third-order valence-electron chi connectivity index (χ3n) is 5.95. The van der Waals surface area contributed by atoms with E-state index in [1.807, 2.05) is 41.9 Å². The van der Waals surface area contributed by atoms with Gasteiger partial charge in [-0.2, -0.15) is 5.10 Å². The summed E-state index contributed by atoms with van der Waals surface area (Å²) in [4.78, 5) is 11.0. The number of hydrogen-bond acceptors (Lipinski definition) is 5. The molecule has 0 N–H and O–H groups in total. The standard InChI is InChI=1S/C21H19N3O4/c1-13-19-20(23(22-13)15-6-4-3-5-7-15)28-12-14-11-27-18-9-8-16(24(25)26)10-17(18)21(14,19)2/h3-10,14H,11-12H2,1-2H3/t14-,21+/m1/s1. The van der Waals surface area contributed by atoms with Crippen LogP contribution in [-0.4, -0.2) is 27.9 Å². The number of nitro groups is 1. The predicted octanol–water partition coefficient (Wildman–Crippen LogP) is 3.80. The highest BCUT2D eigenvalue weighted by Crippen LogP contribution is 2.53. The predicted molar refractivity (Wildman–Crippen MR) is 102 cm³/mol. The monoisotopic (exact) mass is 377 g/mol. The molecule has 0 saturated carbocycles. The number of non-ortho nitro benzene ring substituents is 1. The summed E-state index contributed by atoms with van der Waals surface area (Å²) in [6.45, 7) is 5.04. The maximum Gasteiger partial charge on any atom is 0.270 e. The minimum atomic E-state index is -0.482. The maximum atomic E-state index is 11.4. The smallest absolute Gasteiger partial charge is 0.270 e. The minimum Gasteiger partial charge on any atom is -0.493 e. The van der Waals surface area contributed by atoms with Gasteiger partial charge in [-0.25, -0.2) is 4.68 Å². The molecular weight excluding hydrogens is 358 g/mol. The molecule has 0 amide bonds. The molecule has 5 rings (SSSR count). The van der Waals surface area contributed by atoms with Crippen molar-refractivity contribution in [2.45, 2.75) is 19.3 Å². The molecule has 0 bridgehead atoms. The summed E-state index contributed by atoms with van der Waals surface area (Å²) in [5.74, 6) is 1.42. The Morgan fingerprint density at radius 2 is 1.93 bits per heavy atom. The summed E-state index contributed by atoms with van der Waals surface area (Å²) in [6, 6.07) is 14.7. The SMILES string of the molecule is Cc1nn(-c2ccccc2)c2c1[C@]1(C)c3cc([N+](=O)[O-])ccc3OC[C@@H]1CO2. The van der Waals surface area contributed by atoms with Crippen LogP contribution in [0.2, 0.25) is 0 Å². The van der Waals surface area contributed by atoms with Crippen molar-refractivity contribution in [2.24, 2.45) is 5.92 Å². The van der Waals surface area contributed by atoms with E-state index in [0.717, 1.165) is 22.5 Å². The van der Waals surface area contributed by atoms with Crippen molar-refractivity contribution in [3.8, 4) is 17.3 Å². The number of ether oxygens (including phenoxy) is 2. The maximum absolute atomic E-state index is 11.4. The van der Waals surface area contributed by atoms with Crippen molar-refractivity contribution in [3.05, 3.63) is 75.5 Å². The van der Waals surface area contributed by atoms with Crippen LogP contribution in [0.3, 0.4) is 0 Å². The first kappa shape index (κ1) is 16.8. The number of nitrogens with zero attached hydrogens (tertiary/aromatic N) is 3. The Hall–Kier alpha value is -3.35. The van der Waals surface area contributed by atoms with E-state index in [0.29, 0.717) is 24.8 Å². The van der Waals surface area contributed by atoms with E-state index in [9.17, 15) is 10.1 Å². The zero-order chi connectivity index (χ0) is 19.5. The molecule has 0 aliphatic carbocycles. The highest BCUT2D eigenvalue weighted by Gasteiger charge is 2.51. The van der Waals surface area contributed by atoms with E-state index in [4.69, 9.17) is 14.6 Å². The third kappa shape index (κ3) is 2.19. The zero-order valence-corrected chi connectivity index (χ0v) is 15.6. The Bertz CT molecular complexity index is 1090. The molecule has 2 aromatic carbocycles. The van der Waals surface area contributed by atoms with Crippen LogP contribution in [0, 0.1) is 23.0 Å². The Morgan fingerprint density at radius 3 is 2.68 bits per heavy atom. The molecule has 2 aliphatic heterocycles. The van der Waals surface area contributed by atoms with Crippen LogP contribution in [0.25, 0.3) is 5.69 Å². The lowest BCUT2D eigenvalue weighted by Crippen LogP contribution is -2.47. The number of fused-ring (bicyclic) bond motifs is 5. The summed E-state index contributed by atoms with van der Waals surface area (Å²) in [5.41, 5.74) is 3.14. The van der Waals surface area contributed by atoms with Crippen molar-refractivity contribution in [2.75, 3.05) is 13.2 Å². The quantitative estimate of drug-likeness (QED) is 0.501. The number of benzene rings is 2. The number of para-hydroxylation sites is 1. The summed E-state index contributed by atoms with van der Waals surface area (Å²) < 4.78 is 13.9. The summed E-state index contributed by atoms with van der Waals surface area (Å²) in [6.07, 6.45) is 0. The van der Waals surface area contributed by atoms with E-state index in [2.05, 4.69) is 6.92 Å². The lowest BCUT2D eigenvalue weighted by Gasteiger charge is -2.45. The lowest BCUT2D eigenvalue weighted by molar-refractivity contribution is -0.385. The molecule has 2 atom stereocenters. The summed E-state index contributed by atoms with van der Waals surface area (Å²) in [7, 11) is 0. The van der Waals surface area contributed by atoms with Gasteiger partial charge in [-0.05, 0) is 25.1 Å². The van der Waals surface area contributed by atoms with Crippen molar-refractivity contribution in [1.29, 1.82) is 0 Å². The number of aryl methyl sites for hydroxylation is 1. The first-order chi connectivity index (χ1) is 13.5. The van der Waals surface area contributed by atoms with Gasteiger partial charge in [-0.1, -0.05) is 25.1 Å². The van der Waals surface area contributed by atoms with Gasteiger partial charge >= 0.3 is 0 Å². The van der Waals surface area contributed by atoms with E-state index >= 15 is 0 Å². The molecule has 0 spiro atoms. The fraction of sp³-hybridized carbons (Fsp3) is 0.286. The second kappa shape index (κ2) is 5.82. The molecule has 3 heterocycles. The Balaban J connectivity index is 1.76. The Labute approximate surface area is 161 Å². The Kier molecular flexibility index (Phi) is 3.49. The third-order valence-corrected chi connectivity index (χ3v) is 5.95. The molecule has 2 aliphatic rings. The average Bonchev–Trinajstić information content (AvgIpc) is 3.06. The molecule has 0 saturated heterocycles. The fourth-order valence-corrected chi connectivity index (χ4v) is 4.45. The van der Waals surface area contributed by atoms with E-state index in [1.54, 1.807) is 12.1 Å². The number of rotatable bonds is 2. The Morgan fingerprint density at radius 1 is 1.18 bits per heavy atom. The normalized spacial score (nSPS) is 22.3. The van der Waals surface area contributed by atoms with Gasteiger partial charge in [0.25, 0.3) is 5.69 Å². The van der Waals surface area contributed by atoms with Crippen LogP contribution in [0.4, 0.5) is 5.69 Å². The second-order valence-electron chi connectivity index (χ2n) is 7.47. The van der Waals surface area contributed by atoms with Crippen molar-refractivity contribution >= 4 is 5.69 Å². The fourth-order valence-electron chi connectivity index (χ4n) is 4.45. The van der Waals surface area contributed by atoms with Crippen LogP contribution >= 0.6 is 0 Å². The summed E-state index contributed by atoms with van der Waals surface area (Å²) >= 11 is 0. The second-order valence-corrected chi connectivity index (χ2v) is 7.47. The molecule has 7 heteroatoms. The number of hydrogen-bond donors (Lipinski definition) is 0. The van der Waals surface area contributed by atoms with Gasteiger partial charge in [0, 0.05) is 34.6 Å². The van der Waals surface area contributed by atoms with Crippen LogP contribution in [0.15, 0.2) is 48.5 Å². The zero-order valence-electron chi connectivity index (χ0n) is 15.6. The molecule has 142 valence electrons. The first-order valence-corrected chi connectivity index (χ1v) is 9.20.